The number of aliphatic hydroxyl groups is 2. The van der Waals surface area contributed by atoms with Crippen molar-refractivity contribution in [1.82, 2.24) is 0 Å². The molecular weight excluding hydrogens is 160 g/mol. The van der Waals surface area contributed by atoms with Crippen molar-refractivity contribution >= 4 is 0 Å². The summed E-state index contributed by atoms with van der Waals surface area (Å²) >= 11 is 0. The van der Waals surface area contributed by atoms with Gasteiger partial charge in [0.05, 0.1) is 18.2 Å². The Labute approximate surface area is 71.3 Å². The van der Waals surface area contributed by atoms with E-state index in [1.807, 2.05) is 0 Å². The molecule has 0 amide bonds. The first-order valence-corrected chi connectivity index (χ1v) is 4.05. The standard InChI is InChI=1S/C7H16N2O3/c1-3-5(9)7(11)6(10)4(2-8)12-3/h3-7,10-11H,2,8-9H2,1H3/t3-,4+,5-,6+,7+/m0/s1. The zero-order valence-corrected chi connectivity index (χ0v) is 7.05. The average Bonchev–Trinajstić information content (AvgIpc) is 2.08. The molecule has 5 atom stereocenters. The molecule has 1 fully saturated rings. The minimum Gasteiger partial charge on any atom is -0.389 e. The minimum atomic E-state index is -0.971. The molecule has 5 heteroatoms. The first-order valence-electron chi connectivity index (χ1n) is 4.05. The van der Waals surface area contributed by atoms with Crippen LogP contribution in [0.1, 0.15) is 6.92 Å². The maximum atomic E-state index is 9.41. The van der Waals surface area contributed by atoms with Gasteiger partial charge in [0.2, 0.25) is 0 Å². The molecule has 0 saturated carbocycles. The third-order valence-electron chi connectivity index (χ3n) is 2.29. The molecule has 0 aromatic heterocycles. The van der Waals surface area contributed by atoms with Gasteiger partial charge in [-0.05, 0) is 6.92 Å². The lowest BCUT2D eigenvalue weighted by atomic mass is 9.94. The van der Waals surface area contributed by atoms with Crippen molar-refractivity contribution in [2.75, 3.05) is 6.54 Å². The second kappa shape index (κ2) is 3.68. The molecule has 0 unspecified atom stereocenters. The summed E-state index contributed by atoms with van der Waals surface area (Å²) in [4.78, 5) is 0. The van der Waals surface area contributed by atoms with Crippen LogP contribution in [-0.2, 0) is 4.74 Å². The van der Waals surface area contributed by atoms with Gasteiger partial charge in [0, 0.05) is 6.54 Å². The van der Waals surface area contributed by atoms with Crippen LogP contribution in [0.3, 0.4) is 0 Å². The predicted molar refractivity (Wildman–Crippen MR) is 43.4 cm³/mol. The summed E-state index contributed by atoms with van der Waals surface area (Å²) in [6, 6.07) is -0.539. The number of aliphatic hydroxyl groups excluding tert-OH is 2. The van der Waals surface area contributed by atoms with Gasteiger partial charge in [-0.15, -0.1) is 0 Å². The van der Waals surface area contributed by atoms with Crippen LogP contribution < -0.4 is 11.5 Å². The SMILES string of the molecule is C[C@@H]1O[C@H](CN)[C@@H](O)[C@H](O)[C@H]1N. The first kappa shape index (κ1) is 9.88. The number of hydrogen-bond acceptors (Lipinski definition) is 5. The van der Waals surface area contributed by atoms with Crippen LogP contribution in [0.4, 0.5) is 0 Å². The fourth-order valence-electron chi connectivity index (χ4n) is 1.37. The Morgan fingerprint density at radius 3 is 2.42 bits per heavy atom. The topological polar surface area (TPSA) is 102 Å². The van der Waals surface area contributed by atoms with Crippen LogP contribution in [0.5, 0.6) is 0 Å². The lowest BCUT2D eigenvalue weighted by Crippen LogP contribution is -2.61. The van der Waals surface area contributed by atoms with Crippen molar-refractivity contribution in [2.24, 2.45) is 11.5 Å². The second-order valence-corrected chi connectivity index (χ2v) is 3.17. The third-order valence-corrected chi connectivity index (χ3v) is 2.29. The molecule has 0 aliphatic carbocycles. The van der Waals surface area contributed by atoms with E-state index in [1.165, 1.54) is 0 Å². The van der Waals surface area contributed by atoms with Gasteiger partial charge in [0.25, 0.3) is 0 Å². The van der Waals surface area contributed by atoms with Crippen molar-refractivity contribution < 1.29 is 14.9 Å². The van der Waals surface area contributed by atoms with E-state index in [2.05, 4.69) is 0 Å². The quantitative estimate of drug-likeness (QED) is 0.362. The molecule has 0 radical (unpaired) electrons. The van der Waals surface area contributed by atoms with Gasteiger partial charge in [-0.3, -0.25) is 0 Å². The molecule has 72 valence electrons. The van der Waals surface area contributed by atoms with Gasteiger partial charge < -0.3 is 26.4 Å². The second-order valence-electron chi connectivity index (χ2n) is 3.17. The molecule has 1 saturated heterocycles. The highest BCUT2D eigenvalue weighted by atomic mass is 16.5. The van der Waals surface area contributed by atoms with Crippen molar-refractivity contribution in [3.63, 3.8) is 0 Å². The Bertz CT molecular complexity index is 151. The molecule has 1 rings (SSSR count). The molecule has 1 aliphatic rings. The van der Waals surface area contributed by atoms with Crippen molar-refractivity contribution in [1.29, 1.82) is 0 Å². The molecular formula is C7H16N2O3. The number of ether oxygens (including phenoxy) is 1. The Morgan fingerprint density at radius 1 is 1.33 bits per heavy atom. The summed E-state index contributed by atoms with van der Waals surface area (Å²) in [6.45, 7) is 1.94. The van der Waals surface area contributed by atoms with Crippen LogP contribution in [-0.4, -0.2) is 47.2 Å². The van der Waals surface area contributed by atoms with Crippen LogP contribution in [0.2, 0.25) is 0 Å². The number of nitrogens with two attached hydrogens (primary N) is 2. The van der Waals surface area contributed by atoms with E-state index in [9.17, 15) is 10.2 Å². The summed E-state index contributed by atoms with van der Waals surface area (Å²) in [5, 5.41) is 18.8. The summed E-state index contributed by atoms with van der Waals surface area (Å²) in [5.74, 6) is 0. The van der Waals surface area contributed by atoms with Gasteiger partial charge in [-0.2, -0.15) is 0 Å². The average molecular weight is 176 g/mol. The van der Waals surface area contributed by atoms with Crippen LogP contribution in [0.25, 0.3) is 0 Å². The molecule has 1 heterocycles. The Morgan fingerprint density at radius 2 is 1.92 bits per heavy atom. The molecule has 0 spiro atoms. The largest absolute Gasteiger partial charge is 0.389 e. The van der Waals surface area contributed by atoms with Gasteiger partial charge in [0.1, 0.15) is 12.2 Å². The molecule has 0 aromatic rings. The summed E-state index contributed by atoms with van der Waals surface area (Å²) < 4.78 is 5.27. The summed E-state index contributed by atoms with van der Waals surface area (Å²) in [5.41, 5.74) is 10.9. The number of hydrogen-bond donors (Lipinski definition) is 4. The fraction of sp³-hybridized carbons (Fsp3) is 1.00. The van der Waals surface area contributed by atoms with E-state index in [-0.39, 0.29) is 12.6 Å². The molecule has 6 N–H and O–H groups in total. The van der Waals surface area contributed by atoms with Gasteiger partial charge in [-0.25, -0.2) is 0 Å². The van der Waals surface area contributed by atoms with Gasteiger partial charge in [0.15, 0.2) is 0 Å². The van der Waals surface area contributed by atoms with E-state index in [0.29, 0.717) is 0 Å². The highest BCUT2D eigenvalue weighted by molar-refractivity contribution is 4.93. The van der Waals surface area contributed by atoms with Crippen molar-refractivity contribution in [2.45, 2.75) is 37.4 Å². The van der Waals surface area contributed by atoms with Crippen molar-refractivity contribution in [3.05, 3.63) is 0 Å². The fourth-order valence-corrected chi connectivity index (χ4v) is 1.37. The molecule has 5 nitrogen and oxygen atoms in total. The van der Waals surface area contributed by atoms with E-state index in [0.717, 1.165) is 0 Å². The highest BCUT2D eigenvalue weighted by Gasteiger charge is 2.39. The van der Waals surface area contributed by atoms with E-state index in [1.54, 1.807) is 6.92 Å². The molecule has 1 aliphatic heterocycles. The van der Waals surface area contributed by atoms with Gasteiger partial charge >= 0.3 is 0 Å². The van der Waals surface area contributed by atoms with E-state index < -0.39 is 24.4 Å². The summed E-state index contributed by atoms with van der Waals surface area (Å²) in [6.07, 6.45) is -2.68. The molecule has 12 heavy (non-hydrogen) atoms. The third kappa shape index (κ3) is 1.60. The minimum absolute atomic E-state index is 0.190. The first-order chi connectivity index (χ1) is 5.57. The van der Waals surface area contributed by atoms with Gasteiger partial charge in [-0.1, -0.05) is 0 Å². The molecule has 0 bridgehead atoms. The maximum Gasteiger partial charge on any atom is 0.109 e. The maximum absolute atomic E-state index is 9.41. The van der Waals surface area contributed by atoms with E-state index in [4.69, 9.17) is 16.2 Å². The lowest BCUT2D eigenvalue weighted by molar-refractivity contribution is -0.169. The zero-order chi connectivity index (χ0) is 9.30. The van der Waals surface area contributed by atoms with Crippen LogP contribution in [0.15, 0.2) is 0 Å². The van der Waals surface area contributed by atoms with E-state index >= 15 is 0 Å². The predicted octanol–water partition coefficient (Wildman–Crippen LogP) is -2.22. The van der Waals surface area contributed by atoms with Crippen LogP contribution in [0, 0.1) is 0 Å². The number of rotatable bonds is 1. The zero-order valence-electron chi connectivity index (χ0n) is 7.05. The Balaban J connectivity index is 2.63. The van der Waals surface area contributed by atoms with Crippen molar-refractivity contribution in [3.8, 4) is 0 Å². The molecule has 0 aromatic carbocycles. The Hall–Kier alpha value is -0.200. The normalized spacial score (nSPS) is 49.2. The smallest absolute Gasteiger partial charge is 0.109 e. The highest BCUT2D eigenvalue weighted by Crippen LogP contribution is 2.18. The lowest BCUT2D eigenvalue weighted by Gasteiger charge is -2.39. The monoisotopic (exact) mass is 176 g/mol. The van der Waals surface area contributed by atoms with Crippen LogP contribution >= 0.6 is 0 Å². The Kier molecular flexibility index (Phi) is 3.03. The summed E-state index contributed by atoms with van der Waals surface area (Å²) in [7, 11) is 0.